The molecule has 5 nitrogen and oxygen atoms in total. The van der Waals surface area contributed by atoms with Crippen LogP contribution in [0.15, 0.2) is 0 Å². The van der Waals surface area contributed by atoms with Gasteiger partial charge in [0.25, 0.3) is 0 Å². The molecule has 0 aromatic carbocycles. The molecule has 2 heterocycles. The zero-order valence-corrected chi connectivity index (χ0v) is 10.9. The van der Waals surface area contributed by atoms with Gasteiger partial charge in [-0.1, -0.05) is 0 Å². The van der Waals surface area contributed by atoms with Crippen LogP contribution in [-0.2, 0) is 9.53 Å². The van der Waals surface area contributed by atoms with E-state index in [-0.39, 0.29) is 35.9 Å². The third-order valence-corrected chi connectivity index (χ3v) is 4.38. The fourth-order valence-electron chi connectivity index (χ4n) is 3.89. The number of amides is 1. The molecule has 1 aliphatic carbocycles. The Morgan fingerprint density at radius 2 is 1.67 bits per heavy atom. The van der Waals surface area contributed by atoms with E-state index in [1.165, 1.54) is 0 Å². The summed E-state index contributed by atoms with van der Waals surface area (Å²) in [6, 6.07) is 0.187. The number of nitrogens with zero attached hydrogens (tertiary/aromatic N) is 1. The van der Waals surface area contributed by atoms with E-state index < -0.39 is 11.6 Å². The van der Waals surface area contributed by atoms with Crippen LogP contribution in [0.5, 0.6) is 0 Å². The quantitative estimate of drug-likeness (QED) is 0.772. The van der Waals surface area contributed by atoms with E-state index in [4.69, 9.17) is 9.84 Å². The van der Waals surface area contributed by atoms with Gasteiger partial charge < -0.3 is 14.7 Å². The molecule has 3 unspecified atom stereocenters. The Kier molecular flexibility index (Phi) is 2.23. The number of carbonyl (C=O) groups is 2. The maximum absolute atomic E-state index is 12.1. The van der Waals surface area contributed by atoms with Crippen molar-refractivity contribution in [1.29, 1.82) is 0 Å². The number of aliphatic carboxylic acids is 1. The predicted molar refractivity (Wildman–Crippen MR) is 63.0 cm³/mol. The Morgan fingerprint density at radius 3 is 2.06 bits per heavy atom. The average molecular weight is 253 g/mol. The lowest BCUT2D eigenvalue weighted by Gasteiger charge is -2.29. The van der Waals surface area contributed by atoms with E-state index in [0.717, 1.165) is 12.8 Å². The van der Waals surface area contributed by atoms with Gasteiger partial charge in [0, 0.05) is 12.1 Å². The van der Waals surface area contributed by atoms with Crippen LogP contribution >= 0.6 is 0 Å². The highest BCUT2D eigenvalue weighted by atomic mass is 16.6. The number of carboxylic acid groups (broad SMARTS) is 1. The summed E-state index contributed by atoms with van der Waals surface area (Å²) in [5.41, 5.74) is -0.491. The minimum absolute atomic E-state index is 0.0935. The molecular formula is C13H19NO4. The fourth-order valence-corrected chi connectivity index (χ4v) is 3.89. The van der Waals surface area contributed by atoms with Crippen molar-refractivity contribution < 1.29 is 19.4 Å². The normalized spacial score (nSPS) is 40.6. The van der Waals surface area contributed by atoms with Crippen molar-refractivity contribution in [3.63, 3.8) is 0 Å². The summed E-state index contributed by atoms with van der Waals surface area (Å²) in [6.45, 7) is 5.55. The minimum atomic E-state index is -0.703. The lowest BCUT2D eigenvalue weighted by atomic mass is 10.0. The van der Waals surface area contributed by atoms with Gasteiger partial charge in [-0.15, -0.1) is 0 Å². The van der Waals surface area contributed by atoms with Crippen LogP contribution in [-0.4, -0.2) is 39.8 Å². The van der Waals surface area contributed by atoms with E-state index in [0.29, 0.717) is 0 Å². The SMILES string of the molecule is CC(C)(C)OC(=O)N1C2CCC1[C@@H]1C(C(=O)O)[C@H]21. The molecule has 5 heteroatoms. The molecule has 3 fully saturated rings. The van der Waals surface area contributed by atoms with Gasteiger partial charge in [0.1, 0.15) is 5.60 Å². The van der Waals surface area contributed by atoms with Crippen LogP contribution in [0.1, 0.15) is 33.6 Å². The van der Waals surface area contributed by atoms with E-state index >= 15 is 0 Å². The maximum atomic E-state index is 12.1. The molecule has 0 aromatic rings. The van der Waals surface area contributed by atoms with E-state index in [2.05, 4.69) is 0 Å². The second-order valence-corrected chi connectivity index (χ2v) is 6.62. The molecule has 2 aliphatic heterocycles. The molecule has 1 N–H and O–H groups in total. The van der Waals surface area contributed by atoms with E-state index in [1.807, 2.05) is 20.8 Å². The molecule has 2 bridgehead atoms. The molecule has 3 rings (SSSR count). The van der Waals surface area contributed by atoms with Crippen molar-refractivity contribution in [1.82, 2.24) is 4.90 Å². The second kappa shape index (κ2) is 3.39. The van der Waals surface area contributed by atoms with Crippen LogP contribution in [0.3, 0.4) is 0 Å². The molecule has 2 saturated heterocycles. The first kappa shape index (κ1) is 11.8. The van der Waals surface area contributed by atoms with Crippen molar-refractivity contribution in [2.45, 2.75) is 51.3 Å². The summed E-state index contributed by atoms with van der Waals surface area (Å²) < 4.78 is 5.41. The van der Waals surface area contributed by atoms with Gasteiger partial charge in [0.2, 0.25) is 0 Å². The highest BCUT2D eigenvalue weighted by Crippen LogP contribution is 2.64. The summed E-state index contributed by atoms with van der Waals surface area (Å²) in [5.74, 6) is -0.575. The Labute approximate surface area is 106 Å². The molecule has 0 radical (unpaired) electrons. The smallest absolute Gasteiger partial charge is 0.410 e. The summed E-state index contributed by atoms with van der Waals surface area (Å²) in [5, 5.41) is 9.10. The summed E-state index contributed by atoms with van der Waals surface area (Å²) in [6.07, 6.45) is 1.58. The van der Waals surface area contributed by atoms with Crippen LogP contribution in [0.25, 0.3) is 0 Å². The molecule has 3 aliphatic rings. The molecule has 1 amide bonds. The Balaban J connectivity index is 1.72. The number of piperidine rings is 1. The van der Waals surface area contributed by atoms with Gasteiger partial charge in [-0.2, -0.15) is 0 Å². The minimum Gasteiger partial charge on any atom is -0.481 e. The number of fused-ring (bicyclic) bond motifs is 5. The average Bonchev–Trinajstić information content (AvgIpc) is 2.73. The molecule has 1 saturated carbocycles. The molecule has 100 valence electrons. The lowest BCUT2D eigenvalue weighted by molar-refractivity contribution is -0.139. The van der Waals surface area contributed by atoms with Crippen LogP contribution < -0.4 is 0 Å². The van der Waals surface area contributed by atoms with Crippen molar-refractivity contribution in [2.24, 2.45) is 17.8 Å². The Hall–Kier alpha value is -1.26. The van der Waals surface area contributed by atoms with Crippen molar-refractivity contribution in [3.8, 4) is 0 Å². The first-order chi connectivity index (χ1) is 8.31. The second-order valence-electron chi connectivity index (χ2n) is 6.62. The zero-order chi connectivity index (χ0) is 13.2. The van der Waals surface area contributed by atoms with Gasteiger partial charge >= 0.3 is 12.1 Å². The largest absolute Gasteiger partial charge is 0.481 e. The zero-order valence-electron chi connectivity index (χ0n) is 10.9. The third kappa shape index (κ3) is 1.52. The van der Waals surface area contributed by atoms with Gasteiger partial charge in [0.15, 0.2) is 0 Å². The lowest BCUT2D eigenvalue weighted by Crippen LogP contribution is -2.43. The van der Waals surface area contributed by atoms with Crippen molar-refractivity contribution >= 4 is 12.1 Å². The monoisotopic (exact) mass is 253 g/mol. The van der Waals surface area contributed by atoms with Gasteiger partial charge in [0.05, 0.1) is 5.92 Å². The summed E-state index contributed by atoms with van der Waals surface area (Å²) >= 11 is 0. The number of carbonyl (C=O) groups excluding carboxylic acids is 1. The van der Waals surface area contributed by atoms with E-state index in [9.17, 15) is 9.59 Å². The standard InChI is InChI=1S/C13H19NO4/c1-13(2,3)18-12(17)14-6-4-5-7(14)9-8(6)10(9)11(15)16/h6-10H,4-5H2,1-3H3,(H,15,16)/t6?,7?,8-,9+,10?. The molecule has 5 atom stereocenters. The van der Waals surface area contributed by atoms with Gasteiger partial charge in [-0.3, -0.25) is 4.79 Å². The summed E-state index contributed by atoms with van der Waals surface area (Å²) in [7, 11) is 0. The van der Waals surface area contributed by atoms with Crippen molar-refractivity contribution in [3.05, 3.63) is 0 Å². The highest BCUT2D eigenvalue weighted by Gasteiger charge is 2.72. The number of carboxylic acids is 1. The van der Waals surface area contributed by atoms with E-state index in [1.54, 1.807) is 4.90 Å². The Morgan fingerprint density at radius 1 is 1.17 bits per heavy atom. The van der Waals surface area contributed by atoms with Gasteiger partial charge in [-0.25, -0.2) is 4.79 Å². The Bertz CT molecular complexity index is 396. The topological polar surface area (TPSA) is 66.8 Å². The molecular weight excluding hydrogens is 234 g/mol. The molecule has 0 spiro atoms. The summed E-state index contributed by atoms with van der Waals surface area (Å²) in [4.78, 5) is 25.0. The maximum Gasteiger partial charge on any atom is 0.410 e. The fraction of sp³-hybridized carbons (Fsp3) is 0.846. The number of hydrogen-bond acceptors (Lipinski definition) is 3. The highest BCUT2D eigenvalue weighted by molar-refractivity contribution is 5.78. The molecule has 0 aromatic heterocycles. The first-order valence-corrected chi connectivity index (χ1v) is 6.55. The number of hydrogen-bond donors (Lipinski definition) is 1. The number of ether oxygens (including phenoxy) is 1. The van der Waals surface area contributed by atoms with Gasteiger partial charge in [-0.05, 0) is 45.4 Å². The predicted octanol–water partition coefficient (Wildman–Crippen LogP) is 1.71. The van der Waals surface area contributed by atoms with Crippen molar-refractivity contribution in [2.75, 3.05) is 0 Å². The molecule has 18 heavy (non-hydrogen) atoms. The first-order valence-electron chi connectivity index (χ1n) is 6.55. The van der Waals surface area contributed by atoms with Crippen LogP contribution in [0.2, 0.25) is 0 Å². The van der Waals surface area contributed by atoms with Crippen LogP contribution in [0, 0.1) is 17.8 Å². The number of rotatable bonds is 1. The van der Waals surface area contributed by atoms with Crippen LogP contribution in [0.4, 0.5) is 4.79 Å². The third-order valence-electron chi connectivity index (χ3n) is 4.38.